The zero-order valence-corrected chi connectivity index (χ0v) is 11.2. The van der Waals surface area contributed by atoms with Gasteiger partial charge in [0.1, 0.15) is 0 Å². The second-order valence-corrected chi connectivity index (χ2v) is 3.42. The molecule has 0 atom stereocenters. The molecule has 0 amide bonds. The molecule has 1 aromatic heterocycles. The van der Waals surface area contributed by atoms with Crippen molar-refractivity contribution in [1.82, 2.24) is 4.98 Å². The van der Waals surface area contributed by atoms with E-state index in [0.29, 0.717) is 0 Å². The second kappa shape index (κ2) is 8.20. The van der Waals surface area contributed by atoms with Gasteiger partial charge in [-0.1, -0.05) is 24.3 Å². The molecular weight excluding hydrogens is 303 g/mol. The van der Waals surface area contributed by atoms with Crippen LogP contribution in [0.15, 0.2) is 58.5 Å². The van der Waals surface area contributed by atoms with E-state index in [4.69, 9.17) is 12.6 Å². The van der Waals surface area contributed by atoms with Crippen LogP contribution in [0.5, 0.6) is 0 Å². The fourth-order valence-corrected chi connectivity index (χ4v) is 1.35. The van der Waals surface area contributed by atoms with Gasteiger partial charge < -0.3 is 12.6 Å². The first-order valence-corrected chi connectivity index (χ1v) is 6.39. The Morgan fingerprint density at radius 1 is 1.12 bits per heavy atom. The molecular formula is C12H9ClCuN2S. The van der Waals surface area contributed by atoms with Gasteiger partial charge in [-0.25, -0.2) is 0 Å². The van der Waals surface area contributed by atoms with Crippen LogP contribution in [0.25, 0.3) is 0 Å². The Kier molecular flexibility index (Phi) is 6.82. The Balaban J connectivity index is 0.000000686. The fourth-order valence-electron chi connectivity index (χ4n) is 1.15. The predicted octanol–water partition coefficient (Wildman–Crippen LogP) is 3.43. The molecule has 1 aromatic carbocycles. The van der Waals surface area contributed by atoms with Crippen molar-refractivity contribution in [1.29, 1.82) is 0 Å². The number of hydrogen-bond acceptors (Lipinski definition) is 3. The van der Waals surface area contributed by atoms with E-state index in [1.54, 1.807) is 12.4 Å². The molecule has 91 valence electrons. The Morgan fingerprint density at radius 2 is 1.82 bits per heavy atom. The molecule has 17 heavy (non-hydrogen) atoms. The van der Waals surface area contributed by atoms with Gasteiger partial charge in [0.15, 0.2) is 0 Å². The molecule has 0 bridgehead atoms. The molecule has 2 rings (SSSR count). The first-order valence-electron chi connectivity index (χ1n) is 4.69. The number of aliphatic imine (C=N–C) groups is 1. The van der Waals surface area contributed by atoms with Crippen LogP contribution < -0.4 is 0 Å². The molecule has 0 saturated heterocycles. The zero-order chi connectivity index (χ0) is 12.5. The van der Waals surface area contributed by atoms with Crippen LogP contribution in [0.3, 0.4) is 0 Å². The number of pyridine rings is 1. The van der Waals surface area contributed by atoms with Gasteiger partial charge in [0, 0.05) is 11.9 Å². The number of benzene rings is 1. The summed E-state index contributed by atoms with van der Waals surface area (Å²) in [5, 5.41) is 0. The van der Waals surface area contributed by atoms with Gasteiger partial charge in [-0.15, -0.1) is 4.90 Å². The van der Waals surface area contributed by atoms with Gasteiger partial charge in [-0.2, -0.15) is 0 Å². The van der Waals surface area contributed by atoms with Gasteiger partial charge in [0.2, 0.25) is 0 Å². The van der Waals surface area contributed by atoms with Gasteiger partial charge in [0.25, 0.3) is 0 Å². The summed E-state index contributed by atoms with van der Waals surface area (Å²) in [6.45, 7) is 0. The fraction of sp³-hybridized carbons (Fsp3) is 0. The summed E-state index contributed by atoms with van der Waals surface area (Å²) in [6, 6.07) is 13.3. The second-order valence-electron chi connectivity index (χ2n) is 2.98. The smallest absolute Gasteiger partial charge is 0.0812 e. The summed E-state index contributed by atoms with van der Waals surface area (Å²) < 4.78 is 0. The minimum Gasteiger partial charge on any atom is -0.778 e. The molecule has 2 nitrogen and oxygen atoms in total. The van der Waals surface area contributed by atoms with Crippen LogP contribution in [0.4, 0.5) is 5.69 Å². The number of para-hydroxylation sites is 1. The van der Waals surface area contributed by atoms with E-state index in [1.807, 2.05) is 42.5 Å². The maximum absolute atomic E-state index is 5.13. The Bertz CT molecular complexity index is 477. The Hall–Kier alpha value is -0.931. The number of rotatable bonds is 2. The Morgan fingerprint density at radius 3 is 2.47 bits per heavy atom. The molecule has 0 radical (unpaired) electrons. The van der Waals surface area contributed by atoms with Crippen LogP contribution in [0.1, 0.15) is 5.69 Å². The molecule has 2 aromatic rings. The molecule has 1 heterocycles. The number of nitrogens with zero attached hydrogens (tertiary/aromatic N) is 2. The van der Waals surface area contributed by atoms with E-state index in [2.05, 4.69) is 35.2 Å². The van der Waals surface area contributed by atoms with Crippen LogP contribution in [-0.4, -0.2) is 11.2 Å². The SMILES string of the molecule is [Cl][Cu+].[S-]c1ccccc1N=Cc1ccccn1. The van der Waals surface area contributed by atoms with E-state index in [1.165, 1.54) is 0 Å². The summed E-state index contributed by atoms with van der Waals surface area (Å²) in [6.07, 6.45) is 3.45. The third kappa shape index (κ3) is 4.84. The van der Waals surface area contributed by atoms with Crippen LogP contribution in [0, 0.1) is 0 Å². The predicted molar refractivity (Wildman–Crippen MR) is 69.4 cm³/mol. The topological polar surface area (TPSA) is 25.2 Å². The molecule has 0 saturated carbocycles. The van der Waals surface area contributed by atoms with Crippen molar-refractivity contribution < 1.29 is 15.1 Å². The molecule has 0 aliphatic carbocycles. The molecule has 0 unspecified atom stereocenters. The van der Waals surface area contributed by atoms with Crippen molar-refractivity contribution in [3.05, 3.63) is 54.4 Å². The standard InChI is InChI=1S/C12H10N2S.ClH.Cu/c15-12-7-2-1-6-11(12)14-9-10-5-3-4-8-13-10;;/h1-9,15H;1H;/q;;+2/p-2. The van der Waals surface area contributed by atoms with Crippen molar-refractivity contribution >= 4 is 34.6 Å². The monoisotopic (exact) mass is 311 g/mol. The molecule has 0 aliphatic rings. The summed E-state index contributed by atoms with van der Waals surface area (Å²) in [4.78, 5) is 9.18. The van der Waals surface area contributed by atoms with Crippen molar-refractivity contribution in [2.45, 2.75) is 4.90 Å². The van der Waals surface area contributed by atoms with E-state index in [-0.39, 0.29) is 0 Å². The average Bonchev–Trinajstić information content (AvgIpc) is 2.41. The summed E-state index contributed by atoms with van der Waals surface area (Å²) >= 11 is 8.79. The van der Waals surface area contributed by atoms with Gasteiger partial charge >= 0.3 is 25.2 Å². The summed E-state index contributed by atoms with van der Waals surface area (Å²) in [7, 11) is 4.20. The number of halogens is 1. The first kappa shape index (κ1) is 14.1. The molecule has 5 heteroatoms. The third-order valence-electron chi connectivity index (χ3n) is 1.89. The van der Waals surface area contributed by atoms with Gasteiger partial charge in [0.05, 0.1) is 11.9 Å². The maximum atomic E-state index is 5.13. The van der Waals surface area contributed by atoms with Crippen molar-refractivity contribution in [2.24, 2.45) is 4.99 Å². The molecule has 0 fully saturated rings. The zero-order valence-electron chi connectivity index (χ0n) is 8.68. The van der Waals surface area contributed by atoms with E-state index < -0.39 is 0 Å². The normalized spacial score (nSPS) is 9.82. The third-order valence-corrected chi connectivity index (χ3v) is 2.23. The van der Waals surface area contributed by atoms with Gasteiger partial charge in [-0.3, -0.25) is 9.98 Å². The largest absolute Gasteiger partial charge is 0.778 e. The van der Waals surface area contributed by atoms with Gasteiger partial charge in [-0.05, 0) is 18.2 Å². The van der Waals surface area contributed by atoms with Crippen LogP contribution in [0.2, 0.25) is 0 Å². The minimum absolute atomic E-state index is 0.754. The van der Waals surface area contributed by atoms with E-state index in [9.17, 15) is 0 Å². The molecule has 0 aliphatic heterocycles. The quantitative estimate of drug-likeness (QED) is 0.482. The van der Waals surface area contributed by atoms with Crippen molar-refractivity contribution in [2.75, 3.05) is 0 Å². The molecule has 0 N–H and O–H groups in total. The van der Waals surface area contributed by atoms with Crippen LogP contribution in [-0.2, 0) is 27.7 Å². The van der Waals surface area contributed by atoms with E-state index >= 15 is 0 Å². The maximum Gasteiger partial charge on any atom is 0.0812 e. The Labute approximate surface area is 119 Å². The van der Waals surface area contributed by atoms with E-state index in [0.717, 1.165) is 16.3 Å². The molecule has 0 spiro atoms. The number of hydrogen-bond donors (Lipinski definition) is 0. The number of aromatic nitrogens is 1. The van der Waals surface area contributed by atoms with Crippen molar-refractivity contribution in [3.8, 4) is 0 Å². The summed E-state index contributed by atoms with van der Waals surface area (Å²) in [5.74, 6) is 0. The minimum atomic E-state index is 0.754. The van der Waals surface area contributed by atoms with Crippen molar-refractivity contribution in [3.63, 3.8) is 0 Å². The average molecular weight is 312 g/mol. The first-order chi connectivity index (χ1) is 8.36. The van der Waals surface area contributed by atoms with Crippen LogP contribution >= 0.6 is 10.1 Å². The summed E-state index contributed by atoms with van der Waals surface area (Å²) in [5.41, 5.74) is 1.63.